The summed E-state index contributed by atoms with van der Waals surface area (Å²) in [5.41, 5.74) is 5.76. The van der Waals surface area contributed by atoms with Crippen LogP contribution in [0.1, 0.15) is 72.1 Å². The molecule has 1 atom stereocenters. The summed E-state index contributed by atoms with van der Waals surface area (Å²) >= 11 is 0. The van der Waals surface area contributed by atoms with Crippen molar-refractivity contribution in [2.75, 3.05) is 6.54 Å². The Balaban J connectivity index is 2.31. The molecule has 3 nitrogen and oxygen atoms in total. The molecule has 1 saturated carbocycles. The lowest BCUT2D eigenvalue weighted by Crippen LogP contribution is -2.44. The minimum Gasteiger partial charge on any atom is -0.352 e. The van der Waals surface area contributed by atoms with E-state index >= 15 is 0 Å². The SMILES string of the molecule is CCCCC1CCC(C(=O)NC(CN)CC(C)C)CC1. The zero-order chi connectivity index (χ0) is 15.0. The van der Waals surface area contributed by atoms with Crippen molar-refractivity contribution in [2.45, 2.75) is 78.2 Å². The van der Waals surface area contributed by atoms with Gasteiger partial charge in [-0.2, -0.15) is 0 Å². The Bertz CT molecular complexity index is 270. The number of carbonyl (C=O) groups excluding carboxylic acids is 1. The van der Waals surface area contributed by atoms with Crippen LogP contribution in [0.5, 0.6) is 0 Å². The van der Waals surface area contributed by atoms with Crippen molar-refractivity contribution in [1.29, 1.82) is 0 Å². The predicted octanol–water partition coefficient (Wildman–Crippen LogP) is 3.47. The summed E-state index contributed by atoms with van der Waals surface area (Å²) in [6.07, 6.45) is 9.56. The maximum atomic E-state index is 12.3. The van der Waals surface area contributed by atoms with Gasteiger partial charge >= 0.3 is 0 Å². The van der Waals surface area contributed by atoms with Gasteiger partial charge < -0.3 is 11.1 Å². The number of nitrogens with one attached hydrogen (secondary N) is 1. The van der Waals surface area contributed by atoms with Crippen molar-refractivity contribution in [3.8, 4) is 0 Å². The molecule has 0 aromatic carbocycles. The lowest BCUT2D eigenvalue weighted by molar-refractivity contribution is -0.127. The lowest BCUT2D eigenvalue weighted by atomic mass is 9.79. The summed E-state index contributed by atoms with van der Waals surface area (Å²) in [6, 6.07) is 0.153. The van der Waals surface area contributed by atoms with Crippen molar-refractivity contribution in [2.24, 2.45) is 23.5 Å². The van der Waals surface area contributed by atoms with Gasteiger partial charge in [0.05, 0.1) is 0 Å². The van der Waals surface area contributed by atoms with Crippen molar-refractivity contribution < 1.29 is 4.79 Å². The molecule has 0 heterocycles. The minimum absolute atomic E-state index is 0.153. The number of rotatable bonds is 8. The first-order chi connectivity index (χ1) is 9.56. The lowest BCUT2D eigenvalue weighted by Gasteiger charge is -2.29. The first-order valence-electron chi connectivity index (χ1n) is 8.57. The van der Waals surface area contributed by atoms with Crippen LogP contribution in [0.15, 0.2) is 0 Å². The van der Waals surface area contributed by atoms with Gasteiger partial charge in [0, 0.05) is 18.5 Å². The minimum atomic E-state index is 0.153. The quantitative estimate of drug-likeness (QED) is 0.716. The summed E-state index contributed by atoms with van der Waals surface area (Å²) in [5, 5.41) is 3.16. The van der Waals surface area contributed by atoms with E-state index in [1.54, 1.807) is 0 Å². The van der Waals surface area contributed by atoms with Gasteiger partial charge in [0.15, 0.2) is 0 Å². The molecule has 118 valence electrons. The highest BCUT2D eigenvalue weighted by atomic mass is 16.1. The summed E-state index contributed by atoms with van der Waals surface area (Å²) in [4.78, 5) is 12.3. The van der Waals surface area contributed by atoms with Crippen molar-refractivity contribution >= 4 is 5.91 Å². The molecule has 0 bridgehead atoms. The van der Waals surface area contributed by atoms with Gasteiger partial charge in [0.2, 0.25) is 5.91 Å². The molecule has 3 heteroatoms. The molecule has 20 heavy (non-hydrogen) atoms. The van der Waals surface area contributed by atoms with Crippen LogP contribution in [-0.2, 0) is 4.79 Å². The molecular weight excluding hydrogens is 248 g/mol. The Morgan fingerprint density at radius 3 is 2.40 bits per heavy atom. The Morgan fingerprint density at radius 2 is 1.90 bits per heavy atom. The third-order valence-corrected chi connectivity index (χ3v) is 4.57. The van der Waals surface area contributed by atoms with E-state index in [0.29, 0.717) is 12.5 Å². The standard InChI is InChI=1S/C17H34N2O/c1-4-5-6-14-7-9-15(10-8-14)17(20)19-16(12-18)11-13(2)3/h13-16H,4-12,18H2,1-3H3,(H,19,20). The number of amides is 1. The Morgan fingerprint density at radius 1 is 1.25 bits per heavy atom. The fraction of sp³-hybridized carbons (Fsp3) is 0.941. The molecule has 0 radical (unpaired) electrons. The van der Waals surface area contributed by atoms with E-state index in [-0.39, 0.29) is 17.9 Å². The second-order valence-electron chi connectivity index (χ2n) is 6.93. The first kappa shape index (κ1) is 17.5. The molecule has 1 fully saturated rings. The van der Waals surface area contributed by atoms with E-state index in [1.165, 1.54) is 32.1 Å². The highest BCUT2D eigenvalue weighted by Crippen LogP contribution is 2.32. The molecule has 1 rings (SSSR count). The molecule has 1 aliphatic carbocycles. The zero-order valence-corrected chi connectivity index (χ0v) is 13.7. The van der Waals surface area contributed by atoms with Crippen molar-refractivity contribution in [1.82, 2.24) is 5.32 Å². The fourth-order valence-corrected chi connectivity index (χ4v) is 3.31. The van der Waals surface area contributed by atoms with Crippen LogP contribution < -0.4 is 11.1 Å². The van der Waals surface area contributed by atoms with Crippen LogP contribution in [0.4, 0.5) is 0 Å². The van der Waals surface area contributed by atoms with Gasteiger partial charge in [0.25, 0.3) is 0 Å². The molecule has 0 saturated heterocycles. The van der Waals surface area contributed by atoms with Crippen molar-refractivity contribution in [3.63, 3.8) is 0 Å². The Kier molecular flexibility index (Phi) is 8.20. The second-order valence-corrected chi connectivity index (χ2v) is 6.93. The van der Waals surface area contributed by atoms with E-state index in [1.807, 2.05) is 0 Å². The topological polar surface area (TPSA) is 55.1 Å². The molecule has 0 aromatic rings. The van der Waals surface area contributed by atoms with E-state index in [2.05, 4.69) is 26.1 Å². The zero-order valence-electron chi connectivity index (χ0n) is 13.7. The van der Waals surface area contributed by atoms with Crippen LogP contribution >= 0.6 is 0 Å². The van der Waals surface area contributed by atoms with Crippen LogP contribution in [0, 0.1) is 17.8 Å². The molecule has 0 aromatic heterocycles. The Hall–Kier alpha value is -0.570. The second kappa shape index (κ2) is 9.38. The normalized spacial score (nSPS) is 24.6. The molecule has 0 spiro atoms. The predicted molar refractivity (Wildman–Crippen MR) is 85.4 cm³/mol. The van der Waals surface area contributed by atoms with E-state index < -0.39 is 0 Å². The van der Waals surface area contributed by atoms with E-state index in [0.717, 1.165) is 25.2 Å². The van der Waals surface area contributed by atoms with E-state index in [9.17, 15) is 4.79 Å². The largest absolute Gasteiger partial charge is 0.352 e. The Labute approximate surface area is 125 Å². The van der Waals surface area contributed by atoms with Gasteiger partial charge in [-0.05, 0) is 43.9 Å². The number of unbranched alkanes of at least 4 members (excludes halogenated alkanes) is 1. The van der Waals surface area contributed by atoms with Crippen LogP contribution in [0.2, 0.25) is 0 Å². The molecule has 1 unspecified atom stereocenters. The van der Waals surface area contributed by atoms with Crippen LogP contribution in [0.25, 0.3) is 0 Å². The van der Waals surface area contributed by atoms with Gasteiger partial charge in [-0.1, -0.05) is 40.0 Å². The fourth-order valence-electron chi connectivity index (χ4n) is 3.31. The van der Waals surface area contributed by atoms with Crippen LogP contribution in [-0.4, -0.2) is 18.5 Å². The van der Waals surface area contributed by atoms with Crippen LogP contribution in [0.3, 0.4) is 0 Å². The summed E-state index contributed by atoms with van der Waals surface area (Å²) in [5.74, 6) is 1.91. The highest BCUT2D eigenvalue weighted by Gasteiger charge is 2.27. The first-order valence-corrected chi connectivity index (χ1v) is 8.57. The smallest absolute Gasteiger partial charge is 0.223 e. The van der Waals surface area contributed by atoms with Gasteiger partial charge in [-0.15, -0.1) is 0 Å². The molecule has 3 N–H and O–H groups in total. The highest BCUT2D eigenvalue weighted by molar-refractivity contribution is 5.79. The van der Waals surface area contributed by atoms with E-state index in [4.69, 9.17) is 5.73 Å². The third-order valence-electron chi connectivity index (χ3n) is 4.57. The summed E-state index contributed by atoms with van der Waals surface area (Å²) in [6.45, 7) is 7.15. The third kappa shape index (κ3) is 6.25. The summed E-state index contributed by atoms with van der Waals surface area (Å²) in [7, 11) is 0. The van der Waals surface area contributed by atoms with Gasteiger partial charge in [0.1, 0.15) is 0 Å². The molecule has 1 aliphatic rings. The maximum Gasteiger partial charge on any atom is 0.223 e. The monoisotopic (exact) mass is 282 g/mol. The number of nitrogens with two attached hydrogens (primary N) is 1. The average Bonchev–Trinajstić information content (AvgIpc) is 2.44. The molecule has 0 aliphatic heterocycles. The summed E-state index contributed by atoms with van der Waals surface area (Å²) < 4.78 is 0. The maximum absolute atomic E-state index is 12.3. The molecular formula is C17H34N2O. The van der Waals surface area contributed by atoms with Gasteiger partial charge in [-0.3, -0.25) is 4.79 Å². The number of hydrogen-bond acceptors (Lipinski definition) is 2. The van der Waals surface area contributed by atoms with Crippen molar-refractivity contribution in [3.05, 3.63) is 0 Å². The number of hydrogen-bond donors (Lipinski definition) is 2. The average molecular weight is 282 g/mol. The van der Waals surface area contributed by atoms with Gasteiger partial charge in [-0.25, -0.2) is 0 Å². The molecule has 1 amide bonds. The number of carbonyl (C=O) groups is 1.